The van der Waals surface area contributed by atoms with Gasteiger partial charge in [0.05, 0.1) is 6.20 Å². The smallest absolute Gasteiger partial charge is 0.151 e. The Bertz CT molecular complexity index is 330. The van der Waals surface area contributed by atoms with Crippen molar-refractivity contribution in [2.24, 2.45) is 0 Å². The molecule has 0 bridgehead atoms. The van der Waals surface area contributed by atoms with Crippen LogP contribution in [0.5, 0.6) is 0 Å². The minimum absolute atomic E-state index is 0.166. The average molecular weight is 222 g/mol. The summed E-state index contributed by atoms with van der Waals surface area (Å²) >= 11 is 0. The Morgan fingerprint density at radius 2 is 2.06 bits per heavy atom. The molecule has 0 unspecified atom stereocenters. The molecule has 0 aliphatic heterocycles. The topological polar surface area (TPSA) is 41.1 Å². The monoisotopic (exact) mass is 222 g/mol. The number of anilines is 1. The highest BCUT2D eigenvalue weighted by Gasteiger charge is 2.09. The fourth-order valence-corrected chi connectivity index (χ4v) is 1.35. The van der Waals surface area contributed by atoms with Gasteiger partial charge < -0.3 is 10.2 Å². The molecule has 1 aromatic heterocycles. The number of aromatic nitrogens is 2. The predicted molar refractivity (Wildman–Crippen MR) is 67.8 cm³/mol. The molecule has 0 saturated heterocycles. The van der Waals surface area contributed by atoms with E-state index in [0.29, 0.717) is 0 Å². The van der Waals surface area contributed by atoms with Crippen LogP contribution in [-0.2, 0) is 0 Å². The molecule has 0 radical (unpaired) electrons. The van der Waals surface area contributed by atoms with Gasteiger partial charge in [0.15, 0.2) is 5.82 Å². The van der Waals surface area contributed by atoms with E-state index in [1.807, 2.05) is 20.0 Å². The zero-order valence-electron chi connectivity index (χ0n) is 10.9. The van der Waals surface area contributed by atoms with Crippen molar-refractivity contribution in [2.75, 3.05) is 25.0 Å². The van der Waals surface area contributed by atoms with Crippen LogP contribution in [0, 0.1) is 6.92 Å². The van der Waals surface area contributed by atoms with Crippen molar-refractivity contribution >= 4 is 5.82 Å². The van der Waals surface area contributed by atoms with E-state index >= 15 is 0 Å². The zero-order valence-corrected chi connectivity index (χ0v) is 10.9. The maximum atomic E-state index is 4.10. The first-order valence-corrected chi connectivity index (χ1v) is 5.64. The van der Waals surface area contributed by atoms with Gasteiger partial charge in [0.2, 0.25) is 0 Å². The Labute approximate surface area is 98.1 Å². The Kier molecular flexibility index (Phi) is 4.24. The Balaban J connectivity index is 2.44. The SMILES string of the molecule is Cc1cnnc(N(C)CCNC(C)(C)C)c1. The first-order chi connectivity index (χ1) is 7.38. The molecule has 0 saturated carbocycles. The van der Waals surface area contributed by atoms with Crippen LogP contribution in [0.2, 0.25) is 0 Å². The summed E-state index contributed by atoms with van der Waals surface area (Å²) in [4.78, 5) is 2.11. The van der Waals surface area contributed by atoms with Gasteiger partial charge in [0.25, 0.3) is 0 Å². The van der Waals surface area contributed by atoms with Gasteiger partial charge in [-0.05, 0) is 39.3 Å². The second kappa shape index (κ2) is 5.25. The Hall–Kier alpha value is -1.16. The summed E-state index contributed by atoms with van der Waals surface area (Å²) in [5, 5.41) is 11.5. The summed E-state index contributed by atoms with van der Waals surface area (Å²) in [5.41, 5.74) is 1.31. The van der Waals surface area contributed by atoms with Gasteiger partial charge in [0.1, 0.15) is 0 Å². The quantitative estimate of drug-likeness (QED) is 0.840. The van der Waals surface area contributed by atoms with E-state index in [4.69, 9.17) is 0 Å². The molecular weight excluding hydrogens is 200 g/mol. The molecule has 0 aliphatic rings. The van der Waals surface area contributed by atoms with Crippen molar-refractivity contribution in [3.8, 4) is 0 Å². The molecule has 4 nitrogen and oxygen atoms in total. The molecule has 0 aliphatic carbocycles. The number of aryl methyl sites for hydroxylation is 1. The molecule has 0 aromatic carbocycles. The van der Waals surface area contributed by atoms with Gasteiger partial charge in [-0.15, -0.1) is 5.10 Å². The Morgan fingerprint density at radius 3 is 2.62 bits per heavy atom. The highest BCUT2D eigenvalue weighted by Crippen LogP contribution is 2.08. The van der Waals surface area contributed by atoms with Gasteiger partial charge in [0, 0.05) is 25.7 Å². The van der Waals surface area contributed by atoms with Crippen molar-refractivity contribution in [3.05, 3.63) is 17.8 Å². The molecule has 1 N–H and O–H groups in total. The standard InChI is InChI=1S/C12H22N4/c1-10-8-11(15-14-9-10)16(5)7-6-13-12(2,3)4/h8-9,13H,6-7H2,1-5H3. The van der Waals surface area contributed by atoms with E-state index < -0.39 is 0 Å². The molecule has 0 spiro atoms. The normalized spacial score (nSPS) is 11.6. The largest absolute Gasteiger partial charge is 0.357 e. The molecule has 1 heterocycles. The minimum atomic E-state index is 0.166. The highest BCUT2D eigenvalue weighted by molar-refractivity contribution is 5.37. The first-order valence-electron chi connectivity index (χ1n) is 5.64. The van der Waals surface area contributed by atoms with Crippen molar-refractivity contribution < 1.29 is 0 Å². The predicted octanol–water partition coefficient (Wildman–Crippen LogP) is 1.61. The lowest BCUT2D eigenvalue weighted by molar-refractivity contribution is 0.430. The number of hydrogen-bond acceptors (Lipinski definition) is 4. The molecule has 0 atom stereocenters. The van der Waals surface area contributed by atoms with Crippen LogP contribution in [0.1, 0.15) is 26.3 Å². The third-order valence-corrected chi connectivity index (χ3v) is 2.27. The van der Waals surface area contributed by atoms with Crippen LogP contribution in [0.4, 0.5) is 5.82 Å². The number of rotatable bonds is 4. The van der Waals surface area contributed by atoms with Gasteiger partial charge in [-0.3, -0.25) is 0 Å². The first kappa shape index (κ1) is 12.9. The summed E-state index contributed by atoms with van der Waals surface area (Å²) in [6, 6.07) is 2.05. The molecule has 1 rings (SSSR count). The molecule has 16 heavy (non-hydrogen) atoms. The zero-order chi connectivity index (χ0) is 12.2. The molecule has 0 fully saturated rings. The van der Waals surface area contributed by atoms with Crippen LogP contribution in [0.25, 0.3) is 0 Å². The lowest BCUT2D eigenvalue weighted by Gasteiger charge is -2.24. The molecule has 90 valence electrons. The van der Waals surface area contributed by atoms with E-state index in [2.05, 4.69) is 41.2 Å². The summed E-state index contributed by atoms with van der Waals surface area (Å²) in [7, 11) is 2.04. The van der Waals surface area contributed by atoms with E-state index in [1.165, 1.54) is 0 Å². The lowest BCUT2D eigenvalue weighted by Crippen LogP contribution is -2.40. The van der Waals surface area contributed by atoms with E-state index in [-0.39, 0.29) is 5.54 Å². The fourth-order valence-electron chi connectivity index (χ4n) is 1.35. The van der Waals surface area contributed by atoms with Crippen molar-refractivity contribution in [3.63, 3.8) is 0 Å². The minimum Gasteiger partial charge on any atom is -0.357 e. The molecule has 1 aromatic rings. The summed E-state index contributed by atoms with van der Waals surface area (Å²) < 4.78 is 0. The third kappa shape index (κ3) is 4.57. The Morgan fingerprint density at radius 1 is 1.38 bits per heavy atom. The van der Waals surface area contributed by atoms with E-state index in [1.54, 1.807) is 6.20 Å². The molecule has 4 heteroatoms. The highest BCUT2D eigenvalue weighted by atomic mass is 15.2. The second-order valence-corrected chi connectivity index (χ2v) is 5.19. The van der Waals surface area contributed by atoms with E-state index in [0.717, 1.165) is 24.5 Å². The molecular formula is C12H22N4. The second-order valence-electron chi connectivity index (χ2n) is 5.19. The van der Waals surface area contributed by atoms with Crippen LogP contribution < -0.4 is 10.2 Å². The van der Waals surface area contributed by atoms with Crippen LogP contribution >= 0.6 is 0 Å². The van der Waals surface area contributed by atoms with Crippen molar-refractivity contribution in [2.45, 2.75) is 33.2 Å². The lowest BCUT2D eigenvalue weighted by atomic mass is 10.1. The van der Waals surface area contributed by atoms with Gasteiger partial charge >= 0.3 is 0 Å². The number of nitrogens with zero attached hydrogens (tertiary/aromatic N) is 3. The van der Waals surface area contributed by atoms with Gasteiger partial charge in [-0.1, -0.05) is 0 Å². The van der Waals surface area contributed by atoms with Crippen LogP contribution in [0.3, 0.4) is 0 Å². The summed E-state index contributed by atoms with van der Waals surface area (Å²) in [6.07, 6.45) is 1.77. The maximum absolute atomic E-state index is 4.10. The maximum Gasteiger partial charge on any atom is 0.151 e. The van der Waals surface area contributed by atoms with Gasteiger partial charge in [-0.25, -0.2) is 0 Å². The average Bonchev–Trinajstić information content (AvgIpc) is 2.15. The third-order valence-electron chi connectivity index (χ3n) is 2.27. The summed E-state index contributed by atoms with van der Waals surface area (Å²) in [6.45, 7) is 10.4. The van der Waals surface area contributed by atoms with Crippen LogP contribution in [-0.4, -0.2) is 35.9 Å². The fraction of sp³-hybridized carbons (Fsp3) is 0.667. The number of nitrogens with one attached hydrogen (secondary N) is 1. The van der Waals surface area contributed by atoms with Crippen molar-refractivity contribution in [1.29, 1.82) is 0 Å². The van der Waals surface area contributed by atoms with Gasteiger partial charge in [-0.2, -0.15) is 5.10 Å². The van der Waals surface area contributed by atoms with Crippen LogP contribution in [0.15, 0.2) is 12.3 Å². The number of likely N-dealkylation sites (N-methyl/N-ethyl adjacent to an activating group) is 1. The number of hydrogen-bond donors (Lipinski definition) is 1. The van der Waals surface area contributed by atoms with E-state index in [9.17, 15) is 0 Å². The summed E-state index contributed by atoms with van der Waals surface area (Å²) in [5.74, 6) is 0.927. The van der Waals surface area contributed by atoms with Crippen molar-refractivity contribution in [1.82, 2.24) is 15.5 Å². The molecule has 0 amide bonds.